The summed E-state index contributed by atoms with van der Waals surface area (Å²) in [5.41, 5.74) is 6.03. The van der Waals surface area contributed by atoms with E-state index < -0.39 is 0 Å². The lowest BCUT2D eigenvalue weighted by atomic mass is 10.3. The normalized spacial score (nSPS) is 11.6. The summed E-state index contributed by atoms with van der Waals surface area (Å²) in [5.74, 6) is 1.14. The maximum absolute atomic E-state index is 8.43. The molecule has 3 N–H and O–H groups in total. The maximum atomic E-state index is 8.43. The third kappa shape index (κ3) is 2.92. The van der Waals surface area contributed by atoms with Gasteiger partial charge in [0.15, 0.2) is 5.84 Å². The molecule has 0 aliphatic carbocycles. The molecule has 0 saturated heterocycles. The van der Waals surface area contributed by atoms with Gasteiger partial charge in [-0.2, -0.15) is 0 Å². The first kappa shape index (κ1) is 10.8. The summed E-state index contributed by atoms with van der Waals surface area (Å²) in [6.07, 6.45) is 2.72. The predicted octanol–water partition coefficient (Wildman–Crippen LogP) is 1.68. The number of nitrogens with zero attached hydrogens (tertiary/aromatic N) is 2. The Morgan fingerprint density at radius 1 is 1.64 bits per heavy atom. The lowest BCUT2D eigenvalue weighted by Crippen LogP contribution is -2.13. The lowest BCUT2D eigenvalue weighted by molar-refractivity contribution is 0.318. The van der Waals surface area contributed by atoms with Crippen molar-refractivity contribution in [3.63, 3.8) is 0 Å². The first-order valence-corrected chi connectivity index (χ1v) is 5.33. The van der Waals surface area contributed by atoms with Crippen LogP contribution in [-0.4, -0.2) is 21.8 Å². The Morgan fingerprint density at radius 3 is 2.93 bits per heavy atom. The van der Waals surface area contributed by atoms with Gasteiger partial charge in [-0.05, 0) is 24.3 Å². The molecule has 76 valence electrons. The number of nitrogens with two attached hydrogens (primary N) is 1. The van der Waals surface area contributed by atoms with Crippen LogP contribution in [0.2, 0.25) is 0 Å². The number of amidine groups is 1. The van der Waals surface area contributed by atoms with Crippen molar-refractivity contribution in [2.75, 3.05) is 5.75 Å². The van der Waals surface area contributed by atoms with Crippen molar-refractivity contribution in [1.29, 1.82) is 0 Å². The second-order valence-electron chi connectivity index (χ2n) is 2.72. The first-order valence-electron chi connectivity index (χ1n) is 4.34. The highest BCUT2D eigenvalue weighted by Crippen LogP contribution is 2.15. The molecule has 1 heterocycles. The summed E-state index contributed by atoms with van der Waals surface area (Å²) in [4.78, 5) is 4.18. The molecular weight excluding hydrogens is 198 g/mol. The smallest absolute Gasteiger partial charge is 0.171 e. The zero-order chi connectivity index (χ0) is 10.4. The number of aromatic nitrogens is 1. The molecule has 1 aromatic heterocycles. The summed E-state index contributed by atoms with van der Waals surface area (Å²) in [6, 6.07) is 3.66. The number of rotatable bonds is 4. The molecule has 4 nitrogen and oxygen atoms in total. The largest absolute Gasteiger partial charge is 0.409 e. The quantitative estimate of drug-likeness (QED) is 0.261. The molecule has 0 saturated carbocycles. The van der Waals surface area contributed by atoms with Crippen LogP contribution in [-0.2, 0) is 0 Å². The van der Waals surface area contributed by atoms with Gasteiger partial charge >= 0.3 is 0 Å². The minimum Gasteiger partial charge on any atom is -0.409 e. The van der Waals surface area contributed by atoms with Crippen molar-refractivity contribution in [3.05, 3.63) is 23.9 Å². The summed E-state index contributed by atoms with van der Waals surface area (Å²) < 4.78 is 0. The molecular formula is C9H13N3OS. The molecule has 1 rings (SSSR count). The SMILES string of the molecule is CCCSc1ccc(/C(N)=N/O)cn1. The van der Waals surface area contributed by atoms with E-state index in [2.05, 4.69) is 17.1 Å². The van der Waals surface area contributed by atoms with E-state index in [4.69, 9.17) is 10.9 Å². The van der Waals surface area contributed by atoms with Gasteiger partial charge in [0, 0.05) is 11.8 Å². The van der Waals surface area contributed by atoms with Crippen molar-refractivity contribution >= 4 is 17.6 Å². The molecule has 14 heavy (non-hydrogen) atoms. The molecule has 0 aliphatic rings. The van der Waals surface area contributed by atoms with Gasteiger partial charge < -0.3 is 10.9 Å². The third-order valence-electron chi connectivity index (χ3n) is 1.59. The van der Waals surface area contributed by atoms with Gasteiger partial charge in [0.05, 0.1) is 5.03 Å². The van der Waals surface area contributed by atoms with E-state index in [0.29, 0.717) is 5.56 Å². The molecule has 0 aromatic carbocycles. The fourth-order valence-corrected chi connectivity index (χ4v) is 1.59. The minimum absolute atomic E-state index is 0.0875. The van der Waals surface area contributed by atoms with Crippen LogP contribution in [0, 0.1) is 0 Å². The Kier molecular flexibility index (Phi) is 4.25. The van der Waals surface area contributed by atoms with Crippen molar-refractivity contribution < 1.29 is 5.21 Å². The Balaban J connectivity index is 2.68. The molecule has 0 fully saturated rings. The van der Waals surface area contributed by atoms with E-state index in [0.717, 1.165) is 17.2 Å². The van der Waals surface area contributed by atoms with Crippen LogP contribution in [0.3, 0.4) is 0 Å². The van der Waals surface area contributed by atoms with Crippen LogP contribution in [0.5, 0.6) is 0 Å². The predicted molar refractivity (Wildman–Crippen MR) is 57.8 cm³/mol. The minimum atomic E-state index is 0.0875. The number of thioether (sulfide) groups is 1. The Morgan fingerprint density at radius 2 is 2.43 bits per heavy atom. The monoisotopic (exact) mass is 211 g/mol. The summed E-state index contributed by atoms with van der Waals surface area (Å²) in [5, 5.41) is 12.3. The standard InChI is InChI=1S/C9H13N3OS/c1-2-5-14-8-4-3-7(6-11-8)9(10)12-13/h3-4,6,13H,2,5H2,1H3,(H2,10,12). The van der Waals surface area contributed by atoms with Crippen LogP contribution in [0.15, 0.2) is 28.5 Å². The van der Waals surface area contributed by atoms with Crippen molar-refractivity contribution in [1.82, 2.24) is 4.98 Å². The van der Waals surface area contributed by atoms with Crippen LogP contribution in [0.25, 0.3) is 0 Å². The van der Waals surface area contributed by atoms with Gasteiger partial charge in [0.1, 0.15) is 0 Å². The third-order valence-corrected chi connectivity index (χ3v) is 2.74. The van der Waals surface area contributed by atoms with Gasteiger partial charge in [0.25, 0.3) is 0 Å². The van der Waals surface area contributed by atoms with E-state index in [-0.39, 0.29) is 5.84 Å². The number of pyridine rings is 1. The van der Waals surface area contributed by atoms with E-state index in [1.165, 1.54) is 0 Å². The highest BCUT2D eigenvalue weighted by atomic mass is 32.2. The first-order chi connectivity index (χ1) is 6.77. The molecule has 0 unspecified atom stereocenters. The Labute approximate surface area is 87.2 Å². The number of hydrogen-bond acceptors (Lipinski definition) is 4. The van der Waals surface area contributed by atoms with Crippen molar-refractivity contribution in [2.45, 2.75) is 18.4 Å². The molecule has 0 amide bonds. The van der Waals surface area contributed by atoms with Crippen LogP contribution >= 0.6 is 11.8 Å². The second kappa shape index (κ2) is 5.49. The zero-order valence-corrected chi connectivity index (χ0v) is 8.79. The van der Waals surface area contributed by atoms with E-state index in [1.54, 1.807) is 24.0 Å². The van der Waals surface area contributed by atoms with Crippen LogP contribution in [0.4, 0.5) is 0 Å². The average molecular weight is 211 g/mol. The second-order valence-corrected chi connectivity index (χ2v) is 3.83. The lowest BCUT2D eigenvalue weighted by Gasteiger charge is -2.00. The molecule has 0 bridgehead atoms. The highest BCUT2D eigenvalue weighted by molar-refractivity contribution is 7.99. The summed E-state index contributed by atoms with van der Waals surface area (Å²) in [6.45, 7) is 2.12. The van der Waals surface area contributed by atoms with Gasteiger partial charge in [0.2, 0.25) is 0 Å². The number of hydrogen-bond donors (Lipinski definition) is 2. The summed E-state index contributed by atoms with van der Waals surface area (Å²) in [7, 11) is 0. The summed E-state index contributed by atoms with van der Waals surface area (Å²) >= 11 is 1.69. The van der Waals surface area contributed by atoms with E-state index in [1.807, 2.05) is 6.07 Å². The Hall–Kier alpha value is -1.23. The van der Waals surface area contributed by atoms with E-state index >= 15 is 0 Å². The van der Waals surface area contributed by atoms with Crippen molar-refractivity contribution in [3.8, 4) is 0 Å². The maximum Gasteiger partial charge on any atom is 0.171 e. The van der Waals surface area contributed by atoms with Gasteiger partial charge in [-0.15, -0.1) is 11.8 Å². The van der Waals surface area contributed by atoms with Gasteiger partial charge in [-0.1, -0.05) is 12.1 Å². The zero-order valence-electron chi connectivity index (χ0n) is 7.97. The van der Waals surface area contributed by atoms with Gasteiger partial charge in [-0.3, -0.25) is 0 Å². The molecule has 0 atom stereocenters. The number of oxime groups is 1. The molecule has 0 spiro atoms. The molecule has 5 heteroatoms. The molecule has 0 aliphatic heterocycles. The molecule has 0 radical (unpaired) electrons. The fraction of sp³-hybridized carbons (Fsp3) is 0.333. The molecule has 1 aromatic rings. The topological polar surface area (TPSA) is 71.5 Å². The van der Waals surface area contributed by atoms with E-state index in [9.17, 15) is 0 Å². The average Bonchev–Trinajstić information content (AvgIpc) is 2.26. The van der Waals surface area contributed by atoms with Crippen molar-refractivity contribution in [2.24, 2.45) is 10.9 Å². The Bertz CT molecular complexity index is 310. The van der Waals surface area contributed by atoms with Crippen LogP contribution < -0.4 is 5.73 Å². The fourth-order valence-electron chi connectivity index (χ4n) is 0.882. The van der Waals surface area contributed by atoms with Crippen LogP contribution in [0.1, 0.15) is 18.9 Å². The van der Waals surface area contributed by atoms with Gasteiger partial charge in [-0.25, -0.2) is 4.98 Å². The highest BCUT2D eigenvalue weighted by Gasteiger charge is 1.99.